The Hall–Kier alpha value is -2.44. The molecular formula is C16H21N3O4. The monoisotopic (exact) mass is 319 g/mol. The predicted molar refractivity (Wildman–Crippen MR) is 86.2 cm³/mol. The summed E-state index contributed by atoms with van der Waals surface area (Å²) >= 11 is 0. The van der Waals surface area contributed by atoms with Gasteiger partial charge in [-0.3, -0.25) is 19.7 Å². The molecule has 0 bridgehead atoms. The van der Waals surface area contributed by atoms with E-state index in [9.17, 15) is 19.7 Å². The molecule has 0 saturated heterocycles. The number of nitrogens with zero attached hydrogens (tertiary/aromatic N) is 1. The molecule has 0 radical (unpaired) electrons. The van der Waals surface area contributed by atoms with Gasteiger partial charge in [0.15, 0.2) is 0 Å². The highest BCUT2D eigenvalue weighted by Crippen LogP contribution is 2.42. The van der Waals surface area contributed by atoms with Gasteiger partial charge in [-0.05, 0) is 24.5 Å². The van der Waals surface area contributed by atoms with Crippen molar-refractivity contribution < 1.29 is 14.5 Å². The highest BCUT2D eigenvalue weighted by atomic mass is 16.6. The molecule has 0 atom stereocenters. The Bertz CT molecular complexity index is 636. The first-order valence-electron chi connectivity index (χ1n) is 7.65. The highest BCUT2D eigenvalue weighted by Gasteiger charge is 2.37. The topological polar surface area (TPSA) is 101 Å². The normalized spacial score (nSPS) is 15.9. The van der Waals surface area contributed by atoms with Crippen molar-refractivity contribution in [3.63, 3.8) is 0 Å². The summed E-state index contributed by atoms with van der Waals surface area (Å²) in [6.45, 7) is 3.25. The Kier molecular flexibility index (Phi) is 4.98. The number of nitro groups is 1. The molecule has 0 unspecified atom stereocenters. The van der Waals surface area contributed by atoms with Gasteiger partial charge >= 0.3 is 0 Å². The maximum absolute atomic E-state index is 11.3. The minimum absolute atomic E-state index is 0.111. The van der Waals surface area contributed by atoms with Crippen molar-refractivity contribution in [1.29, 1.82) is 0 Å². The third kappa shape index (κ3) is 3.85. The maximum Gasteiger partial charge on any atom is 0.293 e. The van der Waals surface area contributed by atoms with Gasteiger partial charge in [-0.15, -0.1) is 0 Å². The van der Waals surface area contributed by atoms with Crippen molar-refractivity contribution in [2.45, 2.75) is 44.9 Å². The quantitative estimate of drug-likeness (QED) is 0.643. The molecule has 1 aromatic rings. The summed E-state index contributed by atoms with van der Waals surface area (Å²) in [6.07, 6.45) is 3.81. The number of rotatable bonds is 5. The summed E-state index contributed by atoms with van der Waals surface area (Å²) < 4.78 is 0. The van der Waals surface area contributed by atoms with Gasteiger partial charge in [0.25, 0.3) is 5.69 Å². The second kappa shape index (κ2) is 6.76. The Morgan fingerprint density at radius 1 is 1.22 bits per heavy atom. The zero-order valence-corrected chi connectivity index (χ0v) is 13.3. The number of amides is 2. The summed E-state index contributed by atoms with van der Waals surface area (Å²) in [5.74, 6) is -0.463. The lowest BCUT2D eigenvalue weighted by Gasteiger charge is -2.30. The SMILES string of the molecule is CC(=O)NCC1(c2ccc(NC(C)=O)c([N+](=O)[O-])c2)CCCC1. The predicted octanol–water partition coefficient (Wildman–Crippen LogP) is 2.50. The first kappa shape index (κ1) is 16.9. The molecule has 0 aliphatic heterocycles. The standard InChI is InChI=1S/C16H21N3O4/c1-11(20)17-10-16(7-3-4-8-16)13-5-6-14(18-12(2)21)15(9-13)19(22)23/h5-6,9H,3-4,7-8,10H2,1-2H3,(H,17,20)(H,18,21). The van der Waals surface area contributed by atoms with Gasteiger partial charge in [0.1, 0.15) is 5.69 Å². The minimum atomic E-state index is -0.490. The van der Waals surface area contributed by atoms with Crippen LogP contribution >= 0.6 is 0 Å². The first-order valence-corrected chi connectivity index (χ1v) is 7.65. The molecule has 7 heteroatoms. The molecule has 0 aromatic heterocycles. The lowest BCUT2D eigenvalue weighted by atomic mass is 9.78. The molecule has 23 heavy (non-hydrogen) atoms. The molecule has 2 amide bonds. The van der Waals surface area contributed by atoms with Crippen LogP contribution in [0.15, 0.2) is 18.2 Å². The van der Waals surface area contributed by atoms with E-state index in [4.69, 9.17) is 0 Å². The van der Waals surface area contributed by atoms with Crippen LogP contribution in [0.25, 0.3) is 0 Å². The molecule has 1 fully saturated rings. The summed E-state index contributed by atoms with van der Waals surface area (Å²) in [7, 11) is 0. The van der Waals surface area contributed by atoms with Gasteiger partial charge in [0.05, 0.1) is 4.92 Å². The fourth-order valence-electron chi connectivity index (χ4n) is 3.22. The van der Waals surface area contributed by atoms with Crippen molar-refractivity contribution in [2.24, 2.45) is 0 Å². The van der Waals surface area contributed by atoms with Crippen LogP contribution in [0, 0.1) is 10.1 Å². The summed E-state index contributed by atoms with van der Waals surface area (Å²) in [5.41, 5.74) is 0.640. The Balaban J connectivity index is 2.40. The molecular weight excluding hydrogens is 298 g/mol. The largest absolute Gasteiger partial charge is 0.355 e. The van der Waals surface area contributed by atoms with Crippen LogP contribution in [0.3, 0.4) is 0 Å². The summed E-state index contributed by atoms with van der Waals surface area (Å²) in [6, 6.07) is 4.91. The maximum atomic E-state index is 11.3. The summed E-state index contributed by atoms with van der Waals surface area (Å²) in [4.78, 5) is 33.3. The van der Waals surface area contributed by atoms with Gasteiger partial charge in [0.2, 0.25) is 11.8 Å². The molecule has 0 spiro atoms. The Labute approximate surface area is 134 Å². The van der Waals surface area contributed by atoms with E-state index in [1.165, 1.54) is 19.9 Å². The molecule has 1 aromatic carbocycles. The average molecular weight is 319 g/mol. The highest BCUT2D eigenvalue weighted by molar-refractivity contribution is 5.91. The van der Waals surface area contributed by atoms with Crippen LogP contribution in [-0.2, 0) is 15.0 Å². The molecule has 0 heterocycles. The van der Waals surface area contributed by atoms with E-state index in [0.29, 0.717) is 6.54 Å². The van der Waals surface area contributed by atoms with E-state index in [2.05, 4.69) is 10.6 Å². The molecule has 1 saturated carbocycles. The fraction of sp³-hybridized carbons (Fsp3) is 0.500. The van der Waals surface area contributed by atoms with E-state index in [0.717, 1.165) is 31.2 Å². The van der Waals surface area contributed by atoms with Crippen LogP contribution in [0.2, 0.25) is 0 Å². The van der Waals surface area contributed by atoms with E-state index < -0.39 is 4.92 Å². The molecule has 7 nitrogen and oxygen atoms in total. The average Bonchev–Trinajstić information content (AvgIpc) is 2.94. The molecule has 1 aliphatic carbocycles. The van der Waals surface area contributed by atoms with Crippen molar-refractivity contribution in [3.8, 4) is 0 Å². The lowest BCUT2D eigenvalue weighted by Crippen LogP contribution is -2.38. The van der Waals surface area contributed by atoms with Crippen molar-refractivity contribution in [2.75, 3.05) is 11.9 Å². The molecule has 2 rings (SSSR count). The number of carbonyl (C=O) groups excluding carboxylic acids is 2. The second-order valence-electron chi connectivity index (χ2n) is 6.07. The number of hydrogen-bond donors (Lipinski definition) is 2. The first-order chi connectivity index (χ1) is 10.8. The van der Waals surface area contributed by atoms with Crippen LogP contribution in [-0.4, -0.2) is 23.3 Å². The van der Waals surface area contributed by atoms with E-state index in [1.807, 2.05) is 6.07 Å². The number of nitro benzene ring substituents is 1. The number of anilines is 1. The van der Waals surface area contributed by atoms with Crippen molar-refractivity contribution in [3.05, 3.63) is 33.9 Å². The summed E-state index contributed by atoms with van der Waals surface area (Å²) in [5, 5.41) is 16.7. The minimum Gasteiger partial charge on any atom is -0.355 e. The molecule has 124 valence electrons. The van der Waals surface area contributed by atoms with Gasteiger partial charge in [-0.2, -0.15) is 0 Å². The van der Waals surface area contributed by atoms with Gasteiger partial charge < -0.3 is 10.6 Å². The Morgan fingerprint density at radius 2 is 1.87 bits per heavy atom. The second-order valence-corrected chi connectivity index (χ2v) is 6.07. The van der Waals surface area contributed by atoms with Gasteiger partial charge in [-0.1, -0.05) is 18.9 Å². The molecule has 2 N–H and O–H groups in total. The van der Waals surface area contributed by atoms with Gasteiger partial charge in [0, 0.05) is 31.9 Å². The van der Waals surface area contributed by atoms with E-state index >= 15 is 0 Å². The number of hydrogen-bond acceptors (Lipinski definition) is 4. The van der Waals surface area contributed by atoms with E-state index in [-0.39, 0.29) is 28.6 Å². The van der Waals surface area contributed by atoms with Crippen molar-refractivity contribution >= 4 is 23.2 Å². The van der Waals surface area contributed by atoms with Crippen LogP contribution in [0.5, 0.6) is 0 Å². The third-order valence-corrected chi connectivity index (χ3v) is 4.35. The zero-order chi connectivity index (χ0) is 17.0. The fourth-order valence-corrected chi connectivity index (χ4v) is 3.22. The number of carbonyl (C=O) groups is 2. The third-order valence-electron chi connectivity index (χ3n) is 4.35. The number of nitrogens with one attached hydrogen (secondary N) is 2. The van der Waals surface area contributed by atoms with Crippen LogP contribution < -0.4 is 10.6 Å². The van der Waals surface area contributed by atoms with Crippen molar-refractivity contribution in [1.82, 2.24) is 5.32 Å². The lowest BCUT2D eigenvalue weighted by molar-refractivity contribution is -0.384. The van der Waals surface area contributed by atoms with E-state index in [1.54, 1.807) is 6.07 Å². The van der Waals surface area contributed by atoms with Crippen LogP contribution in [0.4, 0.5) is 11.4 Å². The Morgan fingerprint density at radius 3 is 2.39 bits per heavy atom. The van der Waals surface area contributed by atoms with Gasteiger partial charge in [-0.25, -0.2) is 0 Å². The zero-order valence-electron chi connectivity index (χ0n) is 13.3. The molecule has 1 aliphatic rings. The smallest absolute Gasteiger partial charge is 0.293 e. The van der Waals surface area contributed by atoms with Crippen LogP contribution in [0.1, 0.15) is 45.1 Å². The number of benzene rings is 1.